The number of benzene rings is 1. The highest BCUT2D eigenvalue weighted by Crippen LogP contribution is 2.13. The Morgan fingerprint density at radius 3 is 2.69 bits per heavy atom. The van der Waals surface area contributed by atoms with Gasteiger partial charge in [0.25, 0.3) is 0 Å². The highest BCUT2D eigenvalue weighted by molar-refractivity contribution is 7.89. The SMILES string of the molecule is CN(Cc1cccc(Cl)c1)S(=O)(=O)CCO. The number of hydrogen-bond acceptors (Lipinski definition) is 3. The largest absolute Gasteiger partial charge is 0.395 e. The third-order valence-corrected chi connectivity index (χ3v) is 4.13. The number of aliphatic hydroxyl groups excluding tert-OH is 1. The molecule has 90 valence electrons. The molecule has 16 heavy (non-hydrogen) atoms. The van der Waals surface area contributed by atoms with E-state index in [0.717, 1.165) is 5.56 Å². The van der Waals surface area contributed by atoms with Gasteiger partial charge in [0.15, 0.2) is 0 Å². The first-order chi connectivity index (χ1) is 7.45. The molecule has 1 rings (SSSR count). The van der Waals surface area contributed by atoms with E-state index in [-0.39, 0.29) is 18.9 Å². The highest BCUT2D eigenvalue weighted by Gasteiger charge is 2.16. The lowest BCUT2D eigenvalue weighted by molar-refractivity contribution is 0.316. The third-order valence-electron chi connectivity index (χ3n) is 2.12. The maximum absolute atomic E-state index is 11.6. The Balaban J connectivity index is 2.75. The Morgan fingerprint density at radius 1 is 1.44 bits per heavy atom. The van der Waals surface area contributed by atoms with Crippen molar-refractivity contribution in [2.24, 2.45) is 0 Å². The molecule has 1 aromatic rings. The first-order valence-electron chi connectivity index (χ1n) is 4.75. The van der Waals surface area contributed by atoms with Crippen molar-refractivity contribution >= 4 is 21.6 Å². The Kier molecular flexibility index (Phi) is 4.73. The summed E-state index contributed by atoms with van der Waals surface area (Å²) in [5, 5.41) is 9.21. The van der Waals surface area contributed by atoms with E-state index in [1.807, 2.05) is 0 Å². The van der Waals surface area contributed by atoms with Gasteiger partial charge in [-0.15, -0.1) is 0 Å². The molecule has 0 heterocycles. The molecule has 6 heteroatoms. The summed E-state index contributed by atoms with van der Waals surface area (Å²) >= 11 is 5.80. The summed E-state index contributed by atoms with van der Waals surface area (Å²) in [6, 6.07) is 7.01. The van der Waals surface area contributed by atoms with Gasteiger partial charge in [-0.3, -0.25) is 0 Å². The summed E-state index contributed by atoms with van der Waals surface area (Å²) < 4.78 is 24.3. The van der Waals surface area contributed by atoms with Crippen LogP contribution in [0.3, 0.4) is 0 Å². The summed E-state index contributed by atoms with van der Waals surface area (Å²) in [5.41, 5.74) is 0.816. The van der Waals surface area contributed by atoms with E-state index in [0.29, 0.717) is 5.02 Å². The van der Waals surface area contributed by atoms with Crippen LogP contribution < -0.4 is 0 Å². The molecule has 0 saturated heterocycles. The van der Waals surface area contributed by atoms with Gasteiger partial charge in [-0.1, -0.05) is 23.7 Å². The predicted octanol–water partition coefficient (Wildman–Crippen LogP) is 1.09. The van der Waals surface area contributed by atoms with Crippen molar-refractivity contribution in [2.45, 2.75) is 6.54 Å². The van der Waals surface area contributed by atoms with Crippen LogP contribution in [0.1, 0.15) is 5.56 Å². The van der Waals surface area contributed by atoms with Crippen LogP contribution in [-0.2, 0) is 16.6 Å². The average Bonchev–Trinajstić information content (AvgIpc) is 2.17. The maximum Gasteiger partial charge on any atom is 0.216 e. The standard InChI is InChI=1S/C10H14ClNO3S/c1-12(16(14,15)6-5-13)8-9-3-2-4-10(11)7-9/h2-4,7,13H,5-6,8H2,1H3. The zero-order valence-corrected chi connectivity index (χ0v) is 10.5. The second-order valence-corrected chi connectivity index (χ2v) is 6.06. The van der Waals surface area contributed by atoms with Gasteiger partial charge in [-0.25, -0.2) is 12.7 Å². The lowest BCUT2D eigenvalue weighted by Gasteiger charge is -2.16. The lowest BCUT2D eigenvalue weighted by atomic mass is 10.2. The minimum absolute atomic E-state index is 0.253. The highest BCUT2D eigenvalue weighted by atomic mass is 35.5. The number of nitrogens with zero attached hydrogens (tertiary/aromatic N) is 1. The smallest absolute Gasteiger partial charge is 0.216 e. The van der Waals surface area contributed by atoms with Gasteiger partial charge in [0.05, 0.1) is 12.4 Å². The van der Waals surface area contributed by atoms with Crippen molar-refractivity contribution in [1.29, 1.82) is 0 Å². The first-order valence-corrected chi connectivity index (χ1v) is 6.74. The predicted molar refractivity (Wildman–Crippen MR) is 63.8 cm³/mol. The summed E-state index contributed by atoms with van der Waals surface area (Å²) in [4.78, 5) is 0. The Hall–Kier alpha value is -0.620. The third kappa shape index (κ3) is 3.75. The molecular formula is C10H14ClNO3S. The van der Waals surface area contributed by atoms with E-state index in [9.17, 15) is 8.42 Å². The molecule has 0 atom stereocenters. The monoisotopic (exact) mass is 263 g/mol. The van der Waals surface area contributed by atoms with Crippen LogP contribution in [0.25, 0.3) is 0 Å². The average molecular weight is 264 g/mol. The first kappa shape index (κ1) is 13.4. The van der Waals surface area contributed by atoms with Crippen LogP contribution in [0.15, 0.2) is 24.3 Å². The van der Waals surface area contributed by atoms with Crippen molar-refractivity contribution < 1.29 is 13.5 Å². The van der Waals surface area contributed by atoms with Crippen LogP contribution in [-0.4, -0.2) is 37.2 Å². The van der Waals surface area contributed by atoms with Crippen molar-refractivity contribution in [2.75, 3.05) is 19.4 Å². The van der Waals surface area contributed by atoms with Crippen molar-refractivity contribution in [3.05, 3.63) is 34.9 Å². The molecule has 0 bridgehead atoms. The van der Waals surface area contributed by atoms with Gasteiger partial charge in [0.1, 0.15) is 0 Å². The molecule has 0 aliphatic rings. The molecule has 0 fully saturated rings. The van der Waals surface area contributed by atoms with Crippen molar-refractivity contribution in [1.82, 2.24) is 4.31 Å². The normalized spacial score (nSPS) is 12.0. The quantitative estimate of drug-likeness (QED) is 0.865. The number of hydrogen-bond donors (Lipinski definition) is 1. The minimum Gasteiger partial charge on any atom is -0.395 e. The second kappa shape index (κ2) is 5.63. The fourth-order valence-electron chi connectivity index (χ4n) is 1.26. The molecule has 0 saturated carbocycles. The van der Waals surface area contributed by atoms with Crippen LogP contribution in [0, 0.1) is 0 Å². The maximum atomic E-state index is 11.6. The van der Waals surface area contributed by atoms with Crippen LogP contribution in [0.5, 0.6) is 0 Å². The van der Waals surface area contributed by atoms with Crippen molar-refractivity contribution in [3.63, 3.8) is 0 Å². The summed E-state index contributed by atoms with van der Waals surface area (Å²) in [5.74, 6) is -0.260. The van der Waals surface area contributed by atoms with Crippen LogP contribution in [0.2, 0.25) is 5.02 Å². The molecule has 0 radical (unpaired) electrons. The summed E-state index contributed by atoms with van der Waals surface area (Å²) in [6.45, 7) is -0.120. The summed E-state index contributed by atoms with van der Waals surface area (Å²) in [7, 11) is -1.90. The number of sulfonamides is 1. The molecule has 0 amide bonds. The summed E-state index contributed by atoms with van der Waals surface area (Å²) in [6.07, 6.45) is 0. The Labute approximate surface area is 101 Å². The zero-order chi connectivity index (χ0) is 12.2. The van der Waals surface area contributed by atoms with Crippen LogP contribution in [0.4, 0.5) is 0 Å². The van der Waals surface area contributed by atoms with E-state index in [4.69, 9.17) is 16.7 Å². The zero-order valence-electron chi connectivity index (χ0n) is 8.93. The van der Waals surface area contributed by atoms with E-state index >= 15 is 0 Å². The second-order valence-electron chi connectivity index (χ2n) is 3.43. The Morgan fingerprint density at radius 2 is 2.12 bits per heavy atom. The fraction of sp³-hybridized carbons (Fsp3) is 0.400. The lowest BCUT2D eigenvalue weighted by Crippen LogP contribution is -2.30. The molecule has 0 aromatic heterocycles. The molecule has 0 aliphatic heterocycles. The molecular weight excluding hydrogens is 250 g/mol. The van der Waals surface area contributed by atoms with Gasteiger partial charge in [0.2, 0.25) is 10.0 Å². The van der Waals surface area contributed by atoms with E-state index in [2.05, 4.69) is 0 Å². The van der Waals surface area contributed by atoms with Crippen LogP contribution >= 0.6 is 11.6 Å². The van der Waals surface area contributed by atoms with E-state index < -0.39 is 10.0 Å². The Bertz CT molecular complexity index is 447. The molecule has 0 unspecified atom stereocenters. The van der Waals surface area contributed by atoms with E-state index in [1.165, 1.54) is 11.4 Å². The fourth-order valence-corrected chi connectivity index (χ4v) is 2.36. The molecule has 4 nitrogen and oxygen atoms in total. The van der Waals surface area contributed by atoms with Crippen molar-refractivity contribution in [3.8, 4) is 0 Å². The molecule has 1 N–H and O–H groups in total. The van der Waals surface area contributed by atoms with Gasteiger partial charge in [0, 0.05) is 18.6 Å². The topological polar surface area (TPSA) is 57.6 Å². The van der Waals surface area contributed by atoms with Gasteiger partial charge in [-0.2, -0.15) is 0 Å². The molecule has 1 aromatic carbocycles. The van der Waals surface area contributed by atoms with Gasteiger partial charge < -0.3 is 5.11 Å². The number of rotatable bonds is 5. The molecule has 0 spiro atoms. The molecule has 0 aliphatic carbocycles. The number of aliphatic hydroxyl groups is 1. The minimum atomic E-state index is -3.38. The number of halogens is 1. The van der Waals surface area contributed by atoms with E-state index in [1.54, 1.807) is 24.3 Å². The van der Waals surface area contributed by atoms with Gasteiger partial charge >= 0.3 is 0 Å². The van der Waals surface area contributed by atoms with Gasteiger partial charge in [-0.05, 0) is 17.7 Å².